The molecule has 4 nitrogen and oxygen atoms in total. The van der Waals surface area contributed by atoms with Crippen LogP contribution in [0, 0.1) is 0 Å². The van der Waals surface area contributed by atoms with Gasteiger partial charge in [-0.15, -0.1) is 0 Å². The van der Waals surface area contributed by atoms with E-state index in [1.54, 1.807) is 6.07 Å². The van der Waals surface area contributed by atoms with Crippen LogP contribution in [-0.2, 0) is 9.47 Å². The van der Waals surface area contributed by atoms with E-state index >= 15 is 0 Å². The number of ether oxygens (including phenoxy) is 2. The number of carbonyl (C=O) groups is 1. The summed E-state index contributed by atoms with van der Waals surface area (Å²) in [6.45, 7) is 5.67. The van der Waals surface area contributed by atoms with Gasteiger partial charge >= 0.3 is 5.97 Å². The summed E-state index contributed by atoms with van der Waals surface area (Å²) >= 11 is 0. The van der Waals surface area contributed by atoms with Crippen LogP contribution in [-0.4, -0.2) is 25.7 Å². The first-order valence-corrected chi connectivity index (χ1v) is 6.43. The Morgan fingerprint density at radius 2 is 2.22 bits per heavy atom. The number of anilines is 1. The normalized spacial score (nSPS) is 17.8. The fraction of sp³-hybridized carbons (Fsp3) is 0.500. The zero-order chi connectivity index (χ0) is 13.0. The van der Waals surface area contributed by atoms with Gasteiger partial charge in [0.15, 0.2) is 0 Å². The standard InChI is InChI=1S/C14H19NO3/c1-3-17-12-8-9-15-11-7-5-6-10(13(11)12)14(16)18-4-2/h5-7,12,15H,3-4,8-9H2,1-2H3. The minimum atomic E-state index is -0.275. The van der Waals surface area contributed by atoms with Crippen LogP contribution in [0.25, 0.3) is 0 Å². The van der Waals surface area contributed by atoms with Gasteiger partial charge < -0.3 is 14.8 Å². The zero-order valence-corrected chi connectivity index (χ0v) is 10.9. The van der Waals surface area contributed by atoms with Crippen molar-refractivity contribution in [2.45, 2.75) is 26.4 Å². The number of benzene rings is 1. The number of rotatable bonds is 4. The van der Waals surface area contributed by atoms with E-state index in [0.717, 1.165) is 24.2 Å². The first kappa shape index (κ1) is 12.9. The highest BCUT2D eigenvalue weighted by atomic mass is 16.5. The Labute approximate surface area is 107 Å². The molecule has 0 amide bonds. The van der Waals surface area contributed by atoms with Crippen molar-refractivity contribution in [1.82, 2.24) is 0 Å². The zero-order valence-electron chi connectivity index (χ0n) is 10.9. The maximum absolute atomic E-state index is 12.0. The van der Waals surface area contributed by atoms with Gasteiger partial charge in [0.1, 0.15) is 0 Å². The Bertz CT molecular complexity index is 431. The summed E-state index contributed by atoms with van der Waals surface area (Å²) in [5.41, 5.74) is 2.52. The van der Waals surface area contributed by atoms with E-state index in [2.05, 4.69) is 5.32 Å². The van der Waals surface area contributed by atoms with Gasteiger partial charge in [-0.3, -0.25) is 0 Å². The third-order valence-electron chi connectivity index (χ3n) is 3.01. The molecule has 1 aromatic rings. The maximum Gasteiger partial charge on any atom is 0.338 e. The van der Waals surface area contributed by atoms with Crippen LogP contribution < -0.4 is 5.32 Å². The van der Waals surface area contributed by atoms with Gasteiger partial charge in [-0.25, -0.2) is 4.79 Å². The van der Waals surface area contributed by atoms with E-state index in [1.807, 2.05) is 26.0 Å². The van der Waals surface area contributed by atoms with E-state index in [0.29, 0.717) is 18.8 Å². The SMILES string of the molecule is CCOC(=O)c1cccc2c1C(OCC)CCN2. The monoisotopic (exact) mass is 249 g/mol. The van der Waals surface area contributed by atoms with Crippen molar-refractivity contribution in [2.75, 3.05) is 25.1 Å². The molecule has 18 heavy (non-hydrogen) atoms. The van der Waals surface area contributed by atoms with Crippen LogP contribution in [0.2, 0.25) is 0 Å². The summed E-state index contributed by atoms with van der Waals surface area (Å²) < 4.78 is 10.8. The first-order chi connectivity index (χ1) is 8.77. The fourth-order valence-electron chi connectivity index (χ4n) is 2.30. The van der Waals surface area contributed by atoms with Crippen LogP contribution in [0.15, 0.2) is 18.2 Å². The summed E-state index contributed by atoms with van der Waals surface area (Å²) in [4.78, 5) is 12.0. The minimum Gasteiger partial charge on any atom is -0.462 e. The number of nitrogens with one attached hydrogen (secondary N) is 1. The quantitative estimate of drug-likeness (QED) is 0.833. The molecule has 1 atom stereocenters. The number of carbonyl (C=O) groups excluding carboxylic acids is 1. The molecule has 1 heterocycles. The Kier molecular flexibility index (Phi) is 4.20. The largest absolute Gasteiger partial charge is 0.462 e. The second-order valence-electron chi connectivity index (χ2n) is 4.15. The average molecular weight is 249 g/mol. The molecule has 0 bridgehead atoms. The molecular formula is C14H19NO3. The van der Waals surface area contributed by atoms with Crippen LogP contribution in [0.5, 0.6) is 0 Å². The highest BCUT2D eigenvalue weighted by Gasteiger charge is 2.26. The third kappa shape index (κ3) is 2.48. The molecule has 4 heteroatoms. The summed E-state index contributed by atoms with van der Waals surface area (Å²) in [6.07, 6.45) is 0.851. The van der Waals surface area contributed by atoms with E-state index in [-0.39, 0.29) is 12.1 Å². The lowest BCUT2D eigenvalue weighted by atomic mass is 9.95. The van der Waals surface area contributed by atoms with E-state index < -0.39 is 0 Å². The predicted octanol–water partition coefficient (Wildman–Crippen LogP) is 2.76. The molecule has 1 unspecified atom stereocenters. The van der Waals surface area contributed by atoms with Gasteiger partial charge in [-0.2, -0.15) is 0 Å². The van der Waals surface area contributed by atoms with Crippen LogP contribution in [0.4, 0.5) is 5.69 Å². The number of esters is 1. The van der Waals surface area contributed by atoms with Gasteiger partial charge in [0, 0.05) is 24.4 Å². The molecule has 1 aromatic carbocycles. The minimum absolute atomic E-state index is 0.0214. The summed E-state index contributed by atoms with van der Waals surface area (Å²) in [5.74, 6) is -0.275. The maximum atomic E-state index is 12.0. The van der Waals surface area contributed by atoms with Gasteiger partial charge in [0.2, 0.25) is 0 Å². The highest BCUT2D eigenvalue weighted by molar-refractivity contribution is 5.93. The van der Waals surface area contributed by atoms with Crippen molar-refractivity contribution in [2.24, 2.45) is 0 Å². The van der Waals surface area contributed by atoms with Crippen molar-refractivity contribution in [3.8, 4) is 0 Å². The number of hydrogen-bond acceptors (Lipinski definition) is 4. The Morgan fingerprint density at radius 1 is 1.39 bits per heavy atom. The number of hydrogen-bond donors (Lipinski definition) is 1. The lowest BCUT2D eigenvalue weighted by Crippen LogP contribution is -2.22. The average Bonchev–Trinajstić information content (AvgIpc) is 2.39. The smallest absolute Gasteiger partial charge is 0.338 e. The summed E-state index contributed by atoms with van der Waals surface area (Å²) in [6, 6.07) is 5.64. The van der Waals surface area contributed by atoms with Crippen molar-refractivity contribution in [1.29, 1.82) is 0 Å². The molecule has 1 N–H and O–H groups in total. The molecule has 0 aliphatic carbocycles. The van der Waals surface area contributed by atoms with Crippen molar-refractivity contribution < 1.29 is 14.3 Å². The van der Waals surface area contributed by atoms with Crippen molar-refractivity contribution in [3.05, 3.63) is 29.3 Å². The fourth-order valence-corrected chi connectivity index (χ4v) is 2.30. The molecule has 0 fully saturated rings. The number of fused-ring (bicyclic) bond motifs is 1. The second-order valence-corrected chi connectivity index (χ2v) is 4.15. The lowest BCUT2D eigenvalue weighted by Gasteiger charge is -2.28. The topological polar surface area (TPSA) is 47.6 Å². The molecule has 2 rings (SSSR count). The summed E-state index contributed by atoms with van der Waals surface area (Å²) in [7, 11) is 0. The molecule has 0 saturated carbocycles. The molecule has 1 aliphatic rings. The van der Waals surface area contributed by atoms with Crippen LogP contribution >= 0.6 is 0 Å². The predicted molar refractivity (Wildman–Crippen MR) is 69.9 cm³/mol. The van der Waals surface area contributed by atoms with Crippen molar-refractivity contribution >= 4 is 11.7 Å². The Balaban J connectivity index is 2.39. The van der Waals surface area contributed by atoms with E-state index in [1.165, 1.54) is 0 Å². The summed E-state index contributed by atoms with van der Waals surface area (Å²) in [5, 5.41) is 3.30. The molecule has 98 valence electrons. The van der Waals surface area contributed by atoms with Crippen LogP contribution in [0.3, 0.4) is 0 Å². The van der Waals surface area contributed by atoms with E-state index in [9.17, 15) is 4.79 Å². The van der Waals surface area contributed by atoms with Gasteiger partial charge in [-0.05, 0) is 32.4 Å². The van der Waals surface area contributed by atoms with Gasteiger partial charge in [-0.1, -0.05) is 6.07 Å². The highest BCUT2D eigenvalue weighted by Crippen LogP contribution is 2.35. The first-order valence-electron chi connectivity index (χ1n) is 6.43. The second kappa shape index (κ2) is 5.87. The molecular weight excluding hydrogens is 230 g/mol. The van der Waals surface area contributed by atoms with Gasteiger partial charge in [0.05, 0.1) is 18.3 Å². The van der Waals surface area contributed by atoms with Gasteiger partial charge in [0.25, 0.3) is 0 Å². The molecule has 0 saturated heterocycles. The van der Waals surface area contributed by atoms with Crippen molar-refractivity contribution in [3.63, 3.8) is 0 Å². The lowest BCUT2D eigenvalue weighted by molar-refractivity contribution is 0.0461. The third-order valence-corrected chi connectivity index (χ3v) is 3.01. The Hall–Kier alpha value is -1.55. The molecule has 1 aliphatic heterocycles. The molecule has 0 radical (unpaired) electrons. The van der Waals surface area contributed by atoms with E-state index in [4.69, 9.17) is 9.47 Å². The molecule has 0 aromatic heterocycles. The Morgan fingerprint density at radius 3 is 2.94 bits per heavy atom. The van der Waals surface area contributed by atoms with Crippen LogP contribution in [0.1, 0.15) is 42.3 Å². The molecule has 0 spiro atoms.